The van der Waals surface area contributed by atoms with Crippen molar-refractivity contribution in [1.82, 2.24) is 0 Å². The molecule has 24 atom stereocenters. The Bertz CT molecular complexity index is 1810. The summed E-state index contributed by atoms with van der Waals surface area (Å²) in [5.74, 6) is -1.39. The van der Waals surface area contributed by atoms with Gasteiger partial charge in [0.25, 0.3) is 0 Å². The second-order valence-electron chi connectivity index (χ2n) is 22.8. The molecule has 18 nitrogen and oxygen atoms in total. The maximum atomic E-state index is 13.8. The molecule has 0 aromatic rings. The summed E-state index contributed by atoms with van der Waals surface area (Å²) < 4.78 is 36.7. The van der Waals surface area contributed by atoms with Gasteiger partial charge in [0.2, 0.25) is 0 Å². The number of aliphatic carboxylic acids is 1. The number of hydrogen-bond donors (Lipinski definition) is 10. The number of aliphatic hydroxyl groups is 9. The highest BCUT2D eigenvalue weighted by Gasteiger charge is 2.72. The van der Waals surface area contributed by atoms with Crippen molar-refractivity contribution in [3.05, 3.63) is 11.6 Å². The van der Waals surface area contributed by atoms with Crippen molar-refractivity contribution in [3.8, 4) is 0 Å². The van der Waals surface area contributed by atoms with Crippen LogP contribution in [0.5, 0.6) is 0 Å². The number of rotatable bonds is 9. The molecule has 0 radical (unpaired) electrons. The minimum Gasteiger partial charge on any atom is -0.481 e. The number of carbonyl (C=O) groups is 2. The lowest BCUT2D eigenvalue weighted by Crippen LogP contribution is -2.68. The van der Waals surface area contributed by atoms with E-state index in [1.807, 2.05) is 6.92 Å². The molecule has 18 heteroatoms. The van der Waals surface area contributed by atoms with Gasteiger partial charge in [-0.2, -0.15) is 0 Å². The van der Waals surface area contributed by atoms with E-state index in [-0.39, 0.29) is 28.6 Å². The fourth-order valence-corrected chi connectivity index (χ4v) is 14.8. The number of aliphatic hydroxyl groups excluding tert-OH is 9. The first-order valence-electron chi connectivity index (χ1n) is 23.7. The van der Waals surface area contributed by atoms with Crippen LogP contribution in [0.4, 0.5) is 0 Å². The topological polar surface area (TPSA) is 292 Å². The highest BCUT2D eigenvalue weighted by atomic mass is 16.8. The number of carbonyl (C=O) groups excluding carboxylic acids is 1. The molecule has 0 spiro atoms. The smallest absolute Gasteiger partial charge is 0.312 e. The van der Waals surface area contributed by atoms with Gasteiger partial charge >= 0.3 is 5.97 Å². The van der Waals surface area contributed by atoms with Crippen molar-refractivity contribution < 1.29 is 89.1 Å². The lowest BCUT2D eigenvalue weighted by molar-refractivity contribution is -0.387. The summed E-state index contributed by atoms with van der Waals surface area (Å²) in [6, 6.07) is 0. The quantitative estimate of drug-likeness (QED) is 0.0857. The van der Waals surface area contributed by atoms with Crippen molar-refractivity contribution in [2.75, 3.05) is 13.2 Å². The molecule has 0 aromatic carbocycles. The van der Waals surface area contributed by atoms with E-state index >= 15 is 0 Å². The summed E-state index contributed by atoms with van der Waals surface area (Å²) in [6.45, 7) is 13.3. The molecule has 0 aromatic heterocycles. The second-order valence-corrected chi connectivity index (χ2v) is 22.8. The average Bonchev–Trinajstić information content (AvgIpc) is 3.24. The van der Waals surface area contributed by atoms with Crippen molar-refractivity contribution in [2.45, 2.75) is 204 Å². The van der Waals surface area contributed by atoms with Crippen LogP contribution in [-0.4, -0.2) is 175 Å². The Labute approximate surface area is 380 Å². The summed E-state index contributed by atoms with van der Waals surface area (Å²) >= 11 is 0. The Kier molecular flexibility index (Phi) is 13.2. The monoisotopic (exact) mass is 926 g/mol. The highest BCUT2D eigenvalue weighted by Crippen LogP contribution is 2.76. The van der Waals surface area contributed by atoms with Gasteiger partial charge < -0.3 is 84.3 Å². The second kappa shape index (κ2) is 17.3. The van der Waals surface area contributed by atoms with Gasteiger partial charge in [-0.15, -0.1) is 0 Å². The van der Waals surface area contributed by atoms with E-state index in [0.717, 1.165) is 18.3 Å². The van der Waals surface area contributed by atoms with Crippen molar-refractivity contribution in [1.29, 1.82) is 0 Å². The SMILES string of the molecule is C[C@@H]1O[C@@H](O[C@@H]2C(O[C@@H]3OC(CO)[C@H](O)[C@H](O)C3O)[C@H](O[C@H]3CCC4(C)C5CC=C6C7CC(C)(C)CC[C@]7(C(=O)O)C(O)C[C@@]6(C)[C@@]5(C)CC[C@H]4[C@@]3(C)C=O)OC[C@H]2O)C(O)C(O)[C@H]1O. The molecule has 3 saturated heterocycles. The number of carboxylic acids is 1. The molecule has 8 rings (SSSR count). The van der Waals surface area contributed by atoms with E-state index < -0.39 is 139 Å². The van der Waals surface area contributed by atoms with Crippen LogP contribution in [0.25, 0.3) is 0 Å². The molecule has 65 heavy (non-hydrogen) atoms. The Morgan fingerprint density at radius 2 is 1.40 bits per heavy atom. The van der Waals surface area contributed by atoms with Gasteiger partial charge in [-0.25, -0.2) is 0 Å². The van der Waals surface area contributed by atoms with Crippen LogP contribution in [0.2, 0.25) is 0 Å². The lowest BCUT2D eigenvalue weighted by atomic mass is 9.33. The zero-order chi connectivity index (χ0) is 47.6. The van der Waals surface area contributed by atoms with Crippen LogP contribution >= 0.6 is 0 Å². The third-order valence-electron chi connectivity index (χ3n) is 18.9. The molecule has 9 unspecified atom stereocenters. The van der Waals surface area contributed by atoms with E-state index in [2.05, 4.69) is 40.7 Å². The first kappa shape index (κ1) is 49.7. The van der Waals surface area contributed by atoms with Gasteiger partial charge in [0.05, 0.1) is 36.9 Å². The van der Waals surface area contributed by atoms with Gasteiger partial charge in [0.15, 0.2) is 18.9 Å². The largest absolute Gasteiger partial charge is 0.481 e. The predicted molar refractivity (Wildman–Crippen MR) is 225 cm³/mol. The molecule has 10 N–H and O–H groups in total. The zero-order valence-electron chi connectivity index (χ0n) is 38.6. The van der Waals surface area contributed by atoms with Crippen LogP contribution in [0, 0.1) is 50.2 Å². The molecule has 8 aliphatic rings. The molecule has 5 aliphatic carbocycles. The summed E-state index contributed by atoms with van der Waals surface area (Å²) in [4.78, 5) is 27.0. The molecule has 3 heterocycles. The van der Waals surface area contributed by atoms with Crippen molar-refractivity contribution in [2.24, 2.45) is 50.2 Å². The number of carboxylic acid groups (broad SMARTS) is 1. The normalized spacial score (nSPS) is 55.4. The minimum atomic E-state index is -1.88. The Morgan fingerprint density at radius 3 is 2.05 bits per heavy atom. The first-order chi connectivity index (χ1) is 30.3. The summed E-state index contributed by atoms with van der Waals surface area (Å²) in [7, 11) is 0. The fourth-order valence-electron chi connectivity index (χ4n) is 14.8. The summed E-state index contributed by atoms with van der Waals surface area (Å²) in [5.41, 5.74) is -2.57. The van der Waals surface area contributed by atoms with E-state index in [1.54, 1.807) is 0 Å². The maximum Gasteiger partial charge on any atom is 0.312 e. The molecule has 0 amide bonds. The molecule has 0 bridgehead atoms. The van der Waals surface area contributed by atoms with Crippen LogP contribution in [-0.2, 0) is 38.0 Å². The molecule has 4 saturated carbocycles. The van der Waals surface area contributed by atoms with Crippen LogP contribution in [0.3, 0.4) is 0 Å². The summed E-state index contributed by atoms with van der Waals surface area (Å²) in [5, 5.41) is 108. The number of hydrogen-bond acceptors (Lipinski definition) is 17. The molecule has 7 fully saturated rings. The lowest BCUT2D eigenvalue weighted by Gasteiger charge is -2.71. The Morgan fingerprint density at radius 1 is 0.754 bits per heavy atom. The van der Waals surface area contributed by atoms with Gasteiger partial charge in [-0.05, 0) is 104 Å². The Hall–Kier alpha value is -1.72. The zero-order valence-corrected chi connectivity index (χ0v) is 38.6. The third-order valence-corrected chi connectivity index (χ3v) is 18.9. The maximum absolute atomic E-state index is 13.8. The van der Waals surface area contributed by atoms with E-state index in [0.29, 0.717) is 51.4 Å². The highest BCUT2D eigenvalue weighted by molar-refractivity contribution is 5.77. The van der Waals surface area contributed by atoms with Crippen LogP contribution in [0.1, 0.15) is 106 Å². The Balaban J connectivity index is 1.09. The van der Waals surface area contributed by atoms with Crippen LogP contribution in [0.15, 0.2) is 11.6 Å². The predicted octanol–water partition coefficient (Wildman–Crippen LogP) is 0.523. The number of aldehydes is 1. The number of allylic oxidation sites excluding steroid dienone is 2. The van der Waals surface area contributed by atoms with Crippen LogP contribution < -0.4 is 0 Å². The van der Waals surface area contributed by atoms with Crippen molar-refractivity contribution >= 4 is 12.3 Å². The van der Waals surface area contributed by atoms with Gasteiger partial charge in [-0.3, -0.25) is 4.79 Å². The average molecular weight is 927 g/mol. The van der Waals surface area contributed by atoms with E-state index in [4.69, 9.17) is 28.4 Å². The molecular formula is C47H74O18. The summed E-state index contributed by atoms with van der Waals surface area (Å²) in [6.07, 6.45) is -15.6. The van der Waals surface area contributed by atoms with Gasteiger partial charge in [0, 0.05) is 0 Å². The van der Waals surface area contributed by atoms with E-state index in [1.165, 1.54) is 6.92 Å². The number of fused-ring (bicyclic) bond motifs is 7. The van der Waals surface area contributed by atoms with Crippen molar-refractivity contribution in [3.63, 3.8) is 0 Å². The fraction of sp³-hybridized carbons (Fsp3) is 0.915. The van der Waals surface area contributed by atoms with E-state index in [9.17, 15) is 60.7 Å². The van der Waals surface area contributed by atoms with Gasteiger partial charge in [0.1, 0.15) is 72.7 Å². The third kappa shape index (κ3) is 7.54. The first-order valence-corrected chi connectivity index (χ1v) is 23.7. The number of ether oxygens (including phenoxy) is 6. The molecule has 370 valence electrons. The molecular weight excluding hydrogens is 852 g/mol. The molecule has 3 aliphatic heterocycles. The van der Waals surface area contributed by atoms with Gasteiger partial charge in [-0.1, -0.05) is 53.2 Å². The standard InChI is InChI=1S/C47H74O18/c1-21-30(52)32(54)34(56)38(61-21)64-36-24(50)19-60-40(37(36)65-39-35(57)33(55)31(53)25(18-48)62-39)63-29-11-12-43(4)26(44(29,5)20-49)10-13-45(6)27(43)9-8-22-23-16-42(2,3)14-15-47(23,41(58)59)28(51)17-46(22,45)7/h8,20-21,23-40,48,50-57H,9-19H2,1-7H3,(H,58,59)/t21-,23?,24+,25?,26+,27?,28?,29-,30-,31-,32?,33-,34?,35?,36-,37?,38-,39-,40-,43?,44+,45-,46+,47+/m0/s1. The minimum absolute atomic E-state index is 0.0585.